The number of hydrogen-bond donors (Lipinski definition) is 2. The molecule has 0 aromatic heterocycles. The van der Waals surface area contributed by atoms with Crippen LogP contribution in [0.2, 0.25) is 0 Å². The molecule has 0 radical (unpaired) electrons. The second kappa shape index (κ2) is 4.20. The Morgan fingerprint density at radius 1 is 1.62 bits per heavy atom. The first-order valence-electron chi connectivity index (χ1n) is 3.88. The highest BCUT2D eigenvalue weighted by Gasteiger charge is 2.11. The van der Waals surface area contributed by atoms with E-state index in [-0.39, 0.29) is 17.9 Å². The zero-order chi connectivity index (χ0) is 9.84. The highest BCUT2D eigenvalue weighted by molar-refractivity contribution is 5.30. The lowest BCUT2D eigenvalue weighted by atomic mass is 10.1. The van der Waals surface area contributed by atoms with Crippen LogP contribution in [0.3, 0.4) is 0 Å². The first-order valence-corrected chi connectivity index (χ1v) is 3.88. The van der Waals surface area contributed by atoms with E-state index in [1.165, 1.54) is 25.3 Å². The third kappa shape index (κ3) is 2.40. The second-order valence-electron chi connectivity index (χ2n) is 2.77. The number of benzene rings is 1. The third-order valence-electron chi connectivity index (χ3n) is 1.73. The van der Waals surface area contributed by atoms with E-state index in [4.69, 9.17) is 15.6 Å². The Balaban J connectivity index is 2.91. The van der Waals surface area contributed by atoms with E-state index in [1.807, 2.05) is 0 Å². The van der Waals surface area contributed by atoms with E-state index in [9.17, 15) is 4.39 Å². The summed E-state index contributed by atoms with van der Waals surface area (Å²) in [6.45, 7) is 0.223. The van der Waals surface area contributed by atoms with Gasteiger partial charge in [-0.25, -0.2) is 4.39 Å². The summed E-state index contributed by atoms with van der Waals surface area (Å²) in [5.74, 6) is -0.426. The first kappa shape index (κ1) is 9.95. The molecule has 13 heavy (non-hydrogen) atoms. The van der Waals surface area contributed by atoms with Gasteiger partial charge in [-0.15, -0.1) is 0 Å². The summed E-state index contributed by atoms with van der Waals surface area (Å²) in [6, 6.07) is 3.22. The highest BCUT2D eigenvalue weighted by atomic mass is 19.1. The topological polar surface area (TPSA) is 55.5 Å². The number of aromatic hydroxyl groups is 1. The Bertz CT molecular complexity index is 291. The van der Waals surface area contributed by atoms with Gasteiger partial charge < -0.3 is 15.6 Å². The zero-order valence-electron chi connectivity index (χ0n) is 7.33. The van der Waals surface area contributed by atoms with Gasteiger partial charge in [0.1, 0.15) is 11.6 Å². The van der Waals surface area contributed by atoms with Gasteiger partial charge in [0.05, 0.1) is 12.6 Å². The van der Waals surface area contributed by atoms with Crippen LogP contribution in [0, 0.1) is 5.82 Å². The molecule has 1 atom stereocenters. The number of rotatable bonds is 3. The summed E-state index contributed by atoms with van der Waals surface area (Å²) >= 11 is 0. The smallest absolute Gasteiger partial charge is 0.128 e. The molecular formula is C9H12FNO2. The summed E-state index contributed by atoms with van der Waals surface area (Å²) < 4.78 is 17.9. The van der Waals surface area contributed by atoms with Crippen LogP contribution in [0.15, 0.2) is 18.2 Å². The minimum atomic E-state index is -0.544. The fourth-order valence-electron chi connectivity index (χ4n) is 1.08. The average Bonchev–Trinajstić information content (AvgIpc) is 2.09. The van der Waals surface area contributed by atoms with E-state index in [2.05, 4.69) is 0 Å². The van der Waals surface area contributed by atoms with Crippen molar-refractivity contribution in [1.29, 1.82) is 0 Å². The molecule has 0 aliphatic carbocycles. The van der Waals surface area contributed by atoms with Crippen molar-refractivity contribution in [3.8, 4) is 5.75 Å². The number of nitrogens with two attached hydrogens (primary N) is 1. The lowest BCUT2D eigenvalue weighted by Gasteiger charge is -2.11. The molecule has 4 heteroatoms. The van der Waals surface area contributed by atoms with Crippen molar-refractivity contribution in [2.24, 2.45) is 5.73 Å². The van der Waals surface area contributed by atoms with Gasteiger partial charge in [-0.3, -0.25) is 0 Å². The standard InChI is InChI=1S/C9H12FNO2/c1-13-5-9(11)7-4-6(12)2-3-8(7)10/h2-4,9,12H,5,11H2,1H3. The lowest BCUT2D eigenvalue weighted by molar-refractivity contribution is 0.179. The molecule has 3 N–H and O–H groups in total. The lowest BCUT2D eigenvalue weighted by Crippen LogP contribution is -2.17. The van der Waals surface area contributed by atoms with Gasteiger partial charge in [-0.2, -0.15) is 0 Å². The summed E-state index contributed by atoms with van der Waals surface area (Å²) in [6.07, 6.45) is 0. The third-order valence-corrected chi connectivity index (χ3v) is 1.73. The summed E-state index contributed by atoms with van der Waals surface area (Å²) in [5, 5.41) is 9.09. The van der Waals surface area contributed by atoms with Crippen molar-refractivity contribution in [3.63, 3.8) is 0 Å². The van der Waals surface area contributed by atoms with Gasteiger partial charge in [0.15, 0.2) is 0 Å². The van der Waals surface area contributed by atoms with Crippen LogP contribution in [0.5, 0.6) is 5.75 Å². The second-order valence-corrected chi connectivity index (χ2v) is 2.77. The molecule has 1 aromatic carbocycles. The first-order chi connectivity index (χ1) is 6.15. The van der Waals surface area contributed by atoms with Crippen LogP contribution >= 0.6 is 0 Å². The van der Waals surface area contributed by atoms with E-state index >= 15 is 0 Å². The van der Waals surface area contributed by atoms with Crippen molar-refractivity contribution in [3.05, 3.63) is 29.6 Å². The molecule has 0 saturated heterocycles. The zero-order valence-corrected chi connectivity index (χ0v) is 7.33. The minimum Gasteiger partial charge on any atom is -0.508 e. The largest absolute Gasteiger partial charge is 0.508 e. The quantitative estimate of drug-likeness (QED) is 0.743. The van der Waals surface area contributed by atoms with Crippen molar-refractivity contribution in [2.75, 3.05) is 13.7 Å². The predicted octanol–water partition coefficient (Wildman–Crippen LogP) is 1.18. The van der Waals surface area contributed by atoms with E-state index in [0.717, 1.165) is 0 Å². The number of halogens is 1. The van der Waals surface area contributed by atoms with Gasteiger partial charge in [-0.1, -0.05) is 0 Å². The van der Waals surface area contributed by atoms with Crippen molar-refractivity contribution < 1.29 is 14.2 Å². The highest BCUT2D eigenvalue weighted by Crippen LogP contribution is 2.20. The number of phenolic OH excluding ortho intramolecular Hbond substituents is 1. The Morgan fingerprint density at radius 3 is 2.92 bits per heavy atom. The number of ether oxygens (including phenoxy) is 1. The Labute approximate surface area is 75.9 Å². The van der Waals surface area contributed by atoms with Gasteiger partial charge in [-0.05, 0) is 18.2 Å². The minimum absolute atomic E-state index is 0.00273. The SMILES string of the molecule is COCC(N)c1cc(O)ccc1F. The molecule has 0 heterocycles. The van der Waals surface area contributed by atoms with E-state index in [0.29, 0.717) is 0 Å². The fourth-order valence-corrected chi connectivity index (χ4v) is 1.08. The van der Waals surface area contributed by atoms with Gasteiger partial charge in [0.2, 0.25) is 0 Å². The molecule has 0 amide bonds. The summed E-state index contributed by atoms with van der Waals surface area (Å²) in [4.78, 5) is 0. The van der Waals surface area contributed by atoms with Crippen LogP contribution in [0.1, 0.15) is 11.6 Å². The van der Waals surface area contributed by atoms with Crippen LogP contribution in [-0.4, -0.2) is 18.8 Å². The molecule has 0 aliphatic heterocycles. The number of hydrogen-bond acceptors (Lipinski definition) is 3. The maximum atomic E-state index is 13.1. The van der Waals surface area contributed by atoms with E-state index < -0.39 is 11.9 Å². The van der Waals surface area contributed by atoms with Gasteiger partial charge in [0.25, 0.3) is 0 Å². The van der Waals surface area contributed by atoms with Crippen LogP contribution in [0.25, 0.3) is 0 Å². The Hall–Kier alpha value is -1.13. The monoisotopic (exact) mass is 185 g/mol. The maximum Gasteiger partial charge on any atom is 0.128 e. The predicted molar refractivity (Wildman–Crippen MR) is 46.9 cm³/mol. The summed E-state index contributed by atoms with van der Waals surface area (Å²) in [5.41, 5.74) is 5.86. The normalized spacial score (nSPS) is 12.8. The van der Waals surface area contributed by atoms with Crippen molar-refractivity contribution >= 4 is 0 Å². The Kier molecular flexibility index (Phi) is 3.22. The maximum absolute atomic E-state index is 13.1. The summed E-state index contributed by atoms with van der Waals surface area (Å²) in [7, 11) is 1.49. The molecule has 0 bridgehead atoms. The fraction of sp³-hybridized carbons (Fsp3) is 0.333. The van der Waals surface area contributed by atoms with Crippen molar-refractivity contribution in [2.45, 2.75) is 6.04 Å². The molecule has 1 unspecified atom stereocenters. The molecule has 1 rings (SSSR count). The van der Waals surface area contributed by atoms with Crippen LogP contribution in [0.4, 0.5) is 4.39 Å². The van der Waals surface area contributed by atoms with E-state index in [1.54, 1.807) is 0 Å². The molecule has 3 nitrogen and oxygen atoms in total. The Morgan fingerprint density at radius 2 is 2.31 bits per heavy atom. The van der Waals surface area contributed by atoms with Crippen LogP contribution in [-0.2, 0) is 4.74 Å². The van der Waals surface area contributed by atoms with Crippen molar-refractivity contribution in [1.82, 2.24) is 0 Å². The average molecular weight is 185 g/mol. The number of phenols is 1. The molecule has 1 aromatic rings. The molecule has 0 fully saturated rings. The van der Waals surface area contributed by atoms with Gasteiger partial charge in [0, 0.05) is 12.7 Å². The molecule has 72 valence electrons. The van der Waals surface area contributed by atoms with Gasteiger partial charge >= 0.3 is 0 Å². The molecule has 0 spiro atoms. The molecular weight excluding hydrogens is 173 g/mol. The molecule has 0 aliphatic rings. The number of methoxy groups -OCH3 is 1. The van der Waals surface area contributed by atoms with Crippen LogP contribution < -0.4 is 5.73 Å². The molecule has 0 saturated carbocycles.